The molecule has 1 heterocycles. The average molecular weight is 400 g/mol. The Morgan fingerprint density at radius 3 is 2.26 bits per heavy atom. The smallest absolute Gasteiger partial charge is 0.241 e. The zero-order chi connectivity index (χ0) is 16.7. The zero-order valence-electron chi connectivity index (χ0n) is 11.8. The van der Waals surface area contributed by atoms with E-state index in [0.717, 1.165) is 10.2 Å². The lowest BCUT2D eigenvalue weighted by Gasteiger charge is -2.11. The van der Waals surface area contributed by atoms with Gasteiger partial charge in [0.1, 0.15) is 0 Å². The monoisotopic (exact) mass is 399 g/mol. The van der Waals surface area contributed by atoms with E-state index in [0.29, 0.717) is 0 Å². The van der Waals surface area contributed by atoms with Crippen molar-refractivity contribution in [1.82, 2.24) is 3.97 Å². The molecule has 7 heteroatoms. The second-order valence-electron chi connectivity index (χ2n) is 5.01. The highest BCUT2D eigenvalue weighted by Gasteiger charge is 2.35. The molecule has 0 aliphatic heterocycles. The van der Waals surface area contributed by atoms with Crippen molar-refractivity contribution >= 4 is 36.9 Å². The van der Waals surface area contributed by atoms with Crippen LogP contribution in [-0.2, 0) is 15.9 Å². The molecular formula is C16H12BrF2NO2S. The Morgan fingerprint density at radius 2 is 1.61 bits per heavy atom. The van der Waals surface area contributed by atoms with Crippen molar-refractivity contribution in [3.63, 3.8) is 0 Å². The predicted molar refractivity (Wildman–Crippen MR) is 88.7 cm³/mol. The summed E-state index contributed by atoms with van der Waals surface area (Å²) < 4.78 is 54.8. The van der Waals surface area contributed by atoms with Gasteiger partial charge in [-0.15, -0.1) is 0 Å². The van der Waals surface area contributed by atoms with Crippen molar-refractivity contribution in [2.24, 2.45) is 0 Å². The minimum Gasteiger partial charge on any atom is -0.241 e. The van der Waals surface area contributed by atoms with E-state index in [-0.39, 0.29) is 21.4 Å². The van der Waals surface area contributed by atoms with Crippen LogP contribution in [0.25, 0.3) is 10.9 Å². The van der Waals surface area contributed by atoms with Crippen LogP contribution < -0.4 is 0 Å². The molecule has 2 aromatic carbocycles. The van der Waals surface area contributed by atoms with Crippen LogP contribution in [0.4, 0.5) is 8.78 Å². The van der Waals surface area contributed by atoms with Crippen molar-refractivity contribution in [2.75, 3.05) is 5.33 Å². The van der Waals surface area contributed by atoms with Crippen molar-refractivity contribution < 1.29 is 17.2 Å². The number of halogens is 3. The zero-order valence-corrected chi connectivity index (χ0v) is 14.2. The van der Waals surface area contributed by atoms with Crippen LogP contribution in [0, 0.1) is 0 Å². The molecule has 0 fully saturated rings. The summed E-state index contributed by atoms with van der Waals surface area (Å²) >= 11 is 2.79. The Hall–Kier alpha value is -1.73. The fraction of sp³-hybridized carbons (Fsp3) is 0.125. The van der Waals surface area contributed by atoms with Crippen LogP contribution in [0.5, 0.6) is 0 Å². The normalized spacial score (nSPS) is 12.7. The molecule has 23 heavy (non-hydrogen) atoms. The number of rotatable bonds is 4. The van der Waals surface area contributed by atoms with E-state index in [9.17, 15) is 17.2 Å². The molecule has 3 nitrogen and oxygen atoms in total. The molecular weight excluding hydrogens is 388 g/mol. The third-order valence-corrected chi connectivity index (χ3v) is 5.93. The summed E-state index contributed by atoms with van der Waals surface area (Å²) in [5, 5.41) is -0.365. The van der Waals surface area contributed by atoms with Gasteiger partial charge in [0.05, 0.1) is 15.7 Å². The predicted octanol–water partition coefficient (Wildman–Crippen LogP) is 4.37. The maximum Gasteiger partial charge on any atom is 0.284 e. The maximum atomic E-state index is 14.2. The molecule has 120 valence electrons. The molecule has 0 radical (unpaired) electrons. The molecule has 0 amide bonds. The Balaban J connectivity index is 2.32. The van der Waals surface area contributed by atoms with Gasteiger partial charge < -0.3 is 0 Å². The lowest BCUT2D eigenvalue weighted by Crippen LogP contribution is -2.15. The molecule has 0 saturated carbocycles. The van der Waals surface area contributed by atoms with Gasteiger partial charge in [-0.25, -0.2) is 21.2 Å². The molecule has 0 unspecified atom stereocenters. The summed E-state index contributed by atoms with van der Waals surface area (Å²) in [5.41, 5.74) is -0.0866. The topological polar surface area (TPSA) is 39.1 Å². The Kier molecular flexibility index (Phi) is 4.01. The SMILES string of the molecule is O=S(=O)(c1ccccc1)n1cc(C(F)(F)CBr)c2ccccc21. The van der Waals surface area contributed by atoms with Crippen LogP contribution >= 0.6 is 15.9 Å². The Labute approximate surface area is 140 Å². The highest BCUT2D eigenvalue weighted by Crippen LogP contribution is 2.37. The number of aromatic nitrogens is 1. The second-order valence-corrected chi connectivity index (χ2v) is 7.39. The molecule has 3 rings (SSSR count). The number of fused-ring (bicyclic) bond motifs is 1. The molecule has 1 aromatic heterocycles. The second kappa shape index (κ2) is 5.72. The van der Waals surface area contributed by atoms with E-state index < -0.39 is 21.3 Å². The number of benzene rings is 2. The number of alkyl halides is 3. The summed E-state index contributed by atoms with van der Waals surface area (Å²) in [6.07, 6.45) is 1.01. The first-order valence-electron chi connectivity index (χ1n) is 6.73. The summed E-state index contributed by atoms with van der Waals surface area (Å²) in [6, 6.07) is 14.0. The van der Waals surface area contributed by atoms with E-state index in [1.807, 2.05) is 0 Å². The summed E-state index contributed by atoms with van der Waals surface area (Å²) in [6.45, 7) is 0. The average Bonchev–Trinajstić information content (AvgIpc) is 2.97. The van der Waals surface area contributed by atoms with E-state index in [4.69, 9.17) is 0 Å². The quantitative estimate of drug-likeness (QED) is 0.611. The number of para-hydroxylation sites is 1. The lowest BCUT2D eigenvalue weighted by molar-refractivity contribution is 0.0261. The highest BCUT2D eigenvalue weighted by molar-refractivity contribution is 9.09. The molecule has 3 aromatic rings. The van der Waals surface area contributed by atoms with Gasteiger partial charge in [0, 0.05) is 17.1 Å². The van der Waals surface area contributed by atoms with Crippen molar-refractivity contribution in [3.8, 4) is 0 Å². The molecule has 0 bridgehead atoms. The van der Waals surface area contributed by atoms with E-state index in [2.05, 4.69) is 15.9 Å². The Morgan fingerprint density at radius 1 is 1.00 bits per heavy atom. The standard InChI is InChI=1S/C16H12BrF2NO2S/c17-11-16(18,19)14-10-20(15-9-5-4-8-13(14)15)23(21,22)12-6-2-1-3-7-12/h1-10H,11H2. The summed E-state index contributed by atoms with van der Waals surface area (Å²) in [4.78, 5) is 0.0504. The van der Waals surface area contributed by atoms with Gasteiger partial charge in [-0.1, -0.05) is 52.3 Å². The van der Waals surface area contributed by atoms with Gasteiger partial charge in [0.2, 0.25) is 0 Å². The van der Waals surface area contributed by atoms with E-state index in [1.165, 1.54) is 24.3 Å². The van der Waals surface area contributed by atoms with E-state index in [1.54, 1.807) is 30.3 Å². The molecule has 0 aliphatic carbocycles. The van der Waals surface area contributed by atoms with Gasteiger partial charge in [-0.05, 0) is 18.2 Å². The molecule has 0 saturated heterocycles. The number of hydrogen-bond acceptors (Lipinski definition) is 2. The third kappa shape index (κ3) is 2.68. The van der Waals surface area contributed by atoms with Gasteiger partial charge in [0.25, 0.3) is 15.9 Å². The van der Waals surface area contributed by atoms with Crippen LogP contribution in [0.2, 0.25) is 0 Å². The fourth-order valence-corrected chi connectivity index (χ4v) is 4.11. The number of nitrogens with zero attached hydrogens (tertiary/aromatic N) is 1. The van der Waals surface area contributed by atoms with Gasteiger partial charge in [0.15, 0.2) is 0 Å². The molecule has 0 aliphatic rings. The molecule has 0 spiro atoms. The first-order chi connectivity index (χ1) is 10.9. The first kappa shape index (κ1) is 16.1. The van der Waals surface area contributed by atoms with Crippen LogP contribution in [0.15, 0.2) is 65.7 Å². The van der Waals surface area contributed by atoms with Gasteiger partial charge in [-0.3, -0.25) is 0 Å². The minimum atomic E-state index is -3.95. The minimum absolute atomic E-state index is 0.0504. The summed E-state index contributed by atoms with van der Waals surface area (Å²) in [7, 11) is -3.95. The van der Waals surface area contributed by atoms with Crippen molar-refractivity contribution in [1.29, 1.82) is 0 Å². The van der Waals surface area contributed by atoms with Gasteiger partial charge in [-0.2, -0.15) is 0 Å². The number of hydrogen-bond donors (Lipinski definition) is 0. The van der Waals surface area contributed by atoms with Crippen LogP contribution in [-0.4, -0.2) is 17.7 Å². The van der Waals surface area contributed by atoms with Crippen molar-refractivity contribution in [2.45, 2.75) is 10.8 Å². The maximum absolute atomic E-state index is 14.2. The van der Waals surface area contributed by atoms with Crippen LogP contribution in [0.1, 0.15) is 5.56 Å². The third-order valence-electron chi connectivity index (χ3n) is 3.54. The molecule has 0 N–H and O–H groups in total. The first-order valence-corrected chi connectivity index (χ1v) is 9.29. The highest BCUT2D eigenvalue weighted by atomic mass is 79.9. The van der Waals surface area contributed by atoms with E-state index >= 15 is 0 Å². The largest absolute Gasteiger partial charge is 0.284 e. The lowest BCUT2D eigenvalue weighted by atomic mass is 10.1. The van der Waals surface area contributed by atoms with Crippen molar-refractivity contribution in [3.05, 3.63) is 66.4 Å². The molecule has 0 atom stereocenters. The van der Waals surface area contributed by atoms with Crippen LogP contribution in [0.3, 0.4) is 0 Å². The van der Waals surface area contributed by atoms with Gasteiger partial charge >= 0.3 is 0 Å². The Bertz CT molecular complexity index is 953. The fourth-order valence-electron chi connectivity index (χ4n) is 2.42. The summed E-state index contributed by atoms with van der Waals surface area (Å²) in [5.74, 6) is -3.17.